The van der Waals surface area contributed by atoms with Gasteiger partial charge in [-0.15, -0.1) is 11.3 Å². The summed E-state index contributed by atoms with van der Waals surface area (Å²) in [6.07, 6.45) is 3.90. The summed E-state index contributed by atoms with van der Waals surface area (Å²) in [6.45, 7) is 4.36. The molecule has 0 fully saturated rings. The summed E-state index contributed by atoms with van der Waals surface area (Å²) in [5, 5.41) is 3.69. The number of imidazole rings is 1. The van der Waals surface area contributed by atoms with Crippen LogP contribution in [0, 0.1) is 6.92 Å². The van der Waals surface area contributed by atoms with Crippen LogP contribution in [0.4, 0.5) is 0 Å². The Labute approximate surface area is 145 Å². The lowest BCUT2D eigenvalue weighted by Crippen LogP contribution is -1.98. The first kappa shape index (κ1) is 15.2. The molecule has 0 spiro atoms. The van der Waals surface area contributed by atoms with Crippen molar-refractivity contribution in [1.29, 1.82) is 0 Å². The topological polar surface area (TPSA) is 26.5 Å². The Bertz CT molecular complexity index is 1030. The van der Waals surface area contributed by atoms with Crippen LogP contribution in [-0.2, 0) is 12.8 Å². The number of ether oxygens (including phenoxy) is 1. The molecule has 0 radical (unpaired) electrons. The Morgan fingerprint density at radius 2 is 2.12 bits per heavy atom. The van der Waals surface area contributed by atoms with E-state index in [4.69, 9.17) is 9.72 Å². The molecule has 4 heteroatoms. The van der Waals surface area contributed by atoms with Gasteiger partial charge in [-0.2, -0.15) is 0 Å². The van der Waals surface area contributed by atoms with E-state index < -0.39 is 0 Å². The zero-order chi connectivity index (χ0) is 16.7. The van der Waals surface area contributed by atoms with E-state index in [2.05, 4.69) is 48.0 Å². The summed E-state index contributed by atoms with van der Waals surface area (Å²) in [4.78, 5) is 4.81. The fraction of sp³-hybridized carbons (Fsp3) is 0.250. The largest absolute Gasteiger partial charge is 0.497 e. The molecule has 0 atom stereocenters. The number of hydrogen-bond donors (Lipinski definition) is 0. The van der Waals surface area contributed by atoms with Gasteiger partial charge in [0.05, 0.1) is 18.5 Å². The van der Waals surface area contributed by atoms with E-state index in [0.29, 0.717) is 0 Å². The maximum absolute atomic E-state index is 5.33. The van der Waals surface area contributed by atoms with Crippen LogP contribution in [0.2, 0.25) is 0 Å². The molecular weight excluding hydrogens is 316 g/mol. The van der Waals surface area contributed by atoms with E-state index in [9.17, 15) is 0 Å². The van der Waals surface area contributed by atoms with Gasteiger partial charge in [0.1, 0.15) is 11.4 Å². The van der Waals surface area contributed by atoms with E-state index >= 15 is 0 Å². The second-order valence-electron chi connectivity index (χ2n) is 6.04. The highest BCUT2D eigenvalue weighted by Gasteiger charge is 2.15. The Hall–Kier alpha value is -2.33. The third-order valence-electron chi connectivity index (χ3n) is 4.59. The molecule has 0 unspecified atom stereocenters. The predicted molar refractivity (Wildman–Crippen MR) is 100 cm³/mol. The molecule has 3 nitrogen and oxygen atoms in total. The van der Waals surface area contributed by atoms with Crippen molar-refractivity contribution in [1.82, 2.24) is 9.38 Å². The molecule has 0 aliphatic heterocycles. The second-order valence-corrected chi connectivity index (χ2v) is 6.95. The van der Waals surface area contributed by atoms with E-state index in [-0.39, 0.29) is 0 Å². The van der Waals surface area contributed by atoms with E-state index in [0.717, 1.165) is 29.9 Å². The smallest absolute Gasteiger partial charge is 0.140 e. The minimum atomic E-state index is 0.846. The standard InChI is InChI=1S/C20H20N2OS/c1-4-16-17(22-9-8-15(23-3)11-19(22)21-16)10-14-12-24-18-7-5-6-13(2)20(14)18/h5-9,11-12H,4,10H2,1-3H3. The molecule has 4 aromatic rings. The maximum atomic E-state index is 5.33. The predicted octanol–water partition coefficient (Wildman–Crippen LogP) is 5.02. The van der Waals surface area contributed by atoms with Crippen LogP contribution in [0.1, 0.15) is 29.4 Å². The number of benzene rings is 1. The average Bonchev–Trinajstić information content (AvgIpc) is 3.17. The van der Waals surface area contributed by atoms with E-state index in [1.807, 2.05) is 23.5 Å². The fourth-order valence-corrected chi connectivity index (χ4v) is 4.41. The number of rotatable bonds is 4. The summed E-state index contributed by atoms with van der Waals surface area (Å²) < 4.78 is 8.89. The second kappa shape index (κ2) is 5.95. The minimum Gasteiger partial charge on any atom is -0.497 e. The molecule has 0 aliphatic rings. The normalized spacial score (nSPS) is 11.5. The molecule has 0 amide bonds. The fourth-order valence-electron chi connectivity index (χ4n) is 3.38. The first-order valence-corrected chi connectivity index (χ1v) is 9.08. The molecule has 3 aromatic heterocycles. The third kappa shape index (κ3) is 2.38. The van der Waals surface area contributed by atoms with Crippen molar-refractivity contribution in [2.75, 3.05) is 7.11 Å². The van der Waals surface area contributed by atoms with Crippen LogP contribution in [0.3, 0.4) is 0 Å². The van der Waals surface area contributed by atoms with Crippen molar-refractivity contribution in [3.63, 3.8) is 0 Å². The minimum absolute atomic E-state index is 0.846. The molecule has 3 heterocycles. The SMILES string of the molecule is CCc1nc2cc(OC)ccn2c1Cc1csc2cccc(C)c12. The van der Waals surface area contributed by atoms with Crippen LogP contribution in [0.25, 0.3) is 15.7 Å². The number of thiophene rings is 1. The number of nitrogens with zero attached hydrogens (tertiary/aromatic N) is 2. The van der Waals surface area contributed by atoms with Crippen molar-refractivity contribution in [2.24, 2.45) is 0 Å². The summed E-state index contributed by atoms with van der Waals surface area (Å²) >= 11 is 1.83. The molecule has 0 bridgehead atoms. The van der Waals surface area contributed by atoms with Crippen molar-refractivity contribution in [3.8, 4) is 5.75 Å². The molecule has 0 N–H and O–H groups in total. The van der Waals surface area contributed by atoms with Gasteiger partial charge in [-0.3, -0.25) is 0 Å². The van der Waals surface area contributed by atoms with E-state index in [1.165, 1.54) is 26.9 Å². The zero-order valence-electron chi connectivity index (χ0n) is 14.2. The Kier molecular flexibility index (Phi) is 3.77. The summed E-state index contributed by atoms with van der Waals surface area (Å²) in [7, 11) is 1.69. The van der Waals surface area contributed by atoms with Crippen LogP contribution in [-0.4, -0.2) is 16.5 Å². The number of methoxy groups -OCH3 is 1. The number of hydrogen-bond acceptors (Lipinski definition) is 3. The molecule has 0 aliphatic carbocycles. The van der Waals surface area contributed by atoms with Gasteiger partial charge in [0.25, 0.3) is 0 Å². The molecule has 4 rings (SSSR count). The first-order valence-electron chi connectivity index (χ1n) is 8.20. The van der Waals surface area contributed by atoms with Gasteiger partial charge in [-0.25, -0.2) is 4.98 Å². The van der Waals surface area contributed by atoms with Gasteiger partial charge in [0.2, 0.25) is 0 Å². The summed E-state index contributed by atoms with van der Waals surface area (Å²) in [5.41, 5.74) is 6.13. The number of fused-ring (bicyclic) bond motifs is 2. The highest BCUT2D eigenvalue weighted by molar-refractivity contribution is 7.17. The lowest BCUT2D eigenvalue weighted by atomic mass is 10.0. The third-order valence-corrected chi connectivity index (χ3v) is 5.59. The lowest BCUT2D eigenvalue weighted by molar-refractivity contribution is 0.414. The zero-order valence-corrected chi connectivity index (χ0v) is 15.0. The van der Waals surface area contributed by atoms with Gasteiger partial charge >= 0.3 is 0 Å². The van der Waals surface area contributed by atoms with Gasteiger partial charge in [0.15, 0.2) is 0 Å². The monoisotopic (exact) mass is 336 g/mol. The maximum Gasteiger partial charge on any atom is 0.140 e. The Morgan fingerprint density at radius 3 is 2.92 bits per heavy atom. The summed E-state index contributed by atoms with van der Waals surface area (Å²) in [6, 6.07) is 10.5. The molecule has 24 heavy (non-hydrogen) atoms. The molecule has 0 saturated carbocycles. The van der Waals surface area contributed by atoms with E-state index in [1.54, 1.807) is 7.11 Å². The summed E-state index contributed by atoms with van der Waals surface area (Å²) in [5.74, 6) is 0.846. The average molecular weight is 336 g/mol. The van der Waals surface area contributed by atoms with Gasteiger partial charge < -0.3 is 9.14 Å². The molecule has 1 aromatic carbocycles. The van der Waals surface area contributed by atoms with Crippen LogP contribution in [0.5, 0.6) is 5.75 Å². The highest BCUT2D eigenvalue weighted by atomic mass is 32.1. The Balaban J connectivity index is 1.86. The number of aryl methyl sites for hydroxylation is 2. The van der Waals surface area contributed by atoms with Crippen molar-refractivity contribution in [3.05, 3.63) is 64.4 Å². The van der Waals surface area contributed by atoms with Gasteiger partial charge in [-0.1, -0.05) is 19.1 Å². The first-order chi connectivity index (χ1) is 11.7. The Morgan fingerprint density at radius 1 is 1.25 bits per heavy atom. The van der Waals surface area contributed by atoms with Crippen LogP contribution < -0.4 is 4.74 Å². The molecular formula is C20H20N2OS. The highest BCUT2D eigenvalue weighted by Crippen LogP contribution is 2.31. The quantitative estimate of drug-likeness (QED) is 0.523. The van der Waals surface area contributed by atoms with Crippen LogP contribution >= 0.6 is 11.3 Å². The number of aromatic nitrogens is 2. The van der Waals surface area contributed by atoms with Crippen molar-refractivity contribution >= 4 is 27.1 Å². The van der Waals surface area contributed by atoms with Crippen molar-refractivity contribution < 1.29 is 4.74 Å². The molecule has 0 saturated heterocycles. The van der Waals surface area contributed by atoms with Gasteiger partial charge in [0, 0.05) is 23.4 Å². The van der Waals surface area contributed by atoms with Gasteiger partial charge in [-0.05, 0) is 47.4 Å². The number of pyridine rings is 1. The molecule has 122 valence electrons. The lowest BCUT2D eigenvalue weighted by Gasteiger charge is -2.06. The van der Waals surface area contributed by atoms with Crippen LogP contribution in [0.15, 0.2) is 41.9 Å². The van der Waals surface area contributed by atoms with Crippen molar-refractivity contribution in [2.45, 2.75) is 26.7 Å².